The molecule has 8 nitrogen and oxygen atoms in total. The molecule has 0 unspecified atom stereocenters. The summed E-state index contributed by atoms with van der Waals surface area (Å²) in [6.07, 6.45) is 3.63. The summed E-state index contributed by atoms with van der Waals surface area (Å²) in [5, 5.41) is 14.0. The molecule has 3 heterocycles. The molecule has 9 heteroatoms. The van der Waals surface area contributed by atoms with Crippen molar-refractivity contribution in [3.63, 3.8) is 0 Å². The topological polar surface area (TPSA) is 82.1 Å². The van der Waals surface area contributed by atoms with Crippen molar-refractivity contribution in [1.82, 2.24) is 24.9 Å². The van der Waals surface area contributed by atoms with E-state index in [9.17, 15) is 0 Å². The molecule has 0 radical (unpaired) electrons. The maximum atomic E-state index is 5.49. The third-order valence-electron chi connectivity index (χ3n) is 5.39. The van der Waals surface area contributed by atoms with Gasteiger partial charge in [0.25, 0.3) is 0 Å². The second kappa shape index (κ2) is 9.44. The smallest absolute Gasteiger partial charge is 0.237 e. The molecular formula is C23H24N6O2S. The lowest BCUT2D eigenvalue weighted by Crippen LogP contribution is -2.31. The molecule has 1 aliphatic heterocycles. The van der Waals surface area contributed by atoms with E-state index >= 15 is 0 Å². The highest BCUT2D eigenvalue weighted by atomic mass is 32.2. The zero-order valence-electron chi connectivity index (χ0n) is 17.8. The van der Waals surface area contributed by atoms with Gasteiger partial charge in [0, 0.05) is 18.7 Å². The minimum absolute atomic E-state index is 0.502. The van der Waals surface area contributed by atoms with Crippen molar-refractivity contribution in [2.75, 3.05) is 25.1 Å². The van der Waals surface area contributed by atoms with E-state index in [2.05, 4.69) is 41.9 Å². The molecule has 0 N–H and O–H groups in total. The molecule has 4 aromatic rings. The molecule has 32 heavy (non-hydrogen) atoms. The van der Waals surface area contributed by atoms with Crippen LogP contribution in [0.4, 0.5) is 5.95 Å². The van der Waals surface area contributed by atoms with Crippen LogP contribution in [0.1, 0.15) is 25.2 Å². The molecule has 0 saturated carbocycles. The van der Waals surface area contributed by atoms with Crippen molar-refractivity contribution in [3.05, 3.63) is 60.5 Å². The van der Waals surface area contributed by atoms with Crippen LogP contribution in [0.2, 0.25) is 0 Å². The first kappa shape index (κ1) is 20.6. The van der Waals surface area contributed by atoms with Crippen LogP contribution in [-0.2, 0) is 5.75 Å². The van der Waals surface area contributed by atoms with Crippen molar-refractivity contribution in [2.45, 2.75) is 30.2 Å². The van der Waals surface area contributed by atoms with Crippen LogP contribution in [-0.4, -0.2) is 45.1 Å². The van der Waals surface area contributed by atoms with E-state index in [-0.39, 0.29) is 0 Å². The Kier molecular flexibility index (Phi) is 6.06. The highest BCUT2D eigenvalue weighted by Gasteiger charge is 2.22. The number of hydrogen-bond acceptors (Lipinski definition) is 8. The SMILES string of the molecule is COc1cccc(-c2noc(CSc3nnc(N4CCCCC4)n3-c3ccccc3)n2)c1. The predicted octanol–water partition coefficient (Wildman–Crippen LogP) is 4.61. The average Bonchev–Trinajstić information content (AvgIpc) is 3.51. The Bertz CT molecular complexity index is 1170. The van der Waals surface area contributed by atoms with E-state index in [4.69, 9.17) is 9.26 Å². The Hall–Kier alpha value is -3.33. The first-order valence-electron chi connectivity index (χ1n) is 10.7. The van der Waals surface area contributed by atoms with Gasteiger partial charge in [0.2, 0.25) is 17.7 Å². The molecule has 0 atom stereocenters. The molecule has 164 valence electrons. The highest BCUT2D eigenvalue weighted by molar-refractivity contribution is 7.98. The van der Waals surface area contributed by atoms with Gasteiger partial charge in [-0.25, -0.2) is 0 Å². The van der Waals surface area contributed by atoms with Crippen molar-refractivity contribution in [2.24, 2.45) is 0 Å². The maximum Gasteiger partial charge on any atom is 0.237 e. The van der Waals surface area contributed by atoms with Crippen LogP contribution < -0.4 is 9.64 Å². The van der Waals surface area contributed by atoms with Gasteiger partial charge in [-0.3, -0.25) is 4.57 Å². The molecule has 2 aromatic heterocycles. The van der Waals surface area contributed by atoms with Gasteiger partial charge < -0.3 is 14.2 Å². The van der Waals surface area contributed by atoms with Gasteiger partial charge >= 0.3 is 0 Å². The third-order valence-corrected chi connectivity index (χ3v) is 6.30. The number of benzene rings is 2. The van der Waals surface area contributed by atoms with Gasteiger partial charge in [-0.1, -0.05) is 47.3 Å². The number of nitrogens with zero attached hydrogens (tertiary/aromatic N) is 6. The molecule has 1 fully saturated rings. The number of anilines is 1. The molecular weight excluding hydrogens is 424 g/mol. The molecule has 0 aliphatic carbocycles. The average molecular weight is 449 g/mol. The van der Waals surface area contributed by atoms with Crippen LogP contribution in [0, 0.1) is 0 Å². The second-order valence-corrected chi connectivity index (χ2v) is 8.48. The van der Waals surface area contributed by atoms with Crippen LogP contribution in [0.5, 0.6) is 5.75 Å². The van der Waals surface area contributed by atoms with Crippen LogP contribution in [0.15, 0.2) is 64.3 Å². The van der Waals surface area contributed by atoms with Gasteiger partial charge in [-0.15, -0.1) is 10.2 Å². The fourth-order valence-corrected chi connectivity index (χ4v) is 4.56. The number of thioether (sulfide) groups is 1. The van der Waals surface area contributed by atoms with Gasteiger partial charge in [-0.2, -0.15) is 4.98 Å². The fourth-order valence-electron chi connectivity index (χ4n) is 3.78. The van der Waals surface area contributed by atoms with Gasteiger partial charge in [0.15, 0.2) is 5.16 Å². The Morgan fingerprint density at radius 3 is 2.66 bits per heavy atom. The summed E-state index contributed by atoms with van der Waals surface area (Å²) in [5.74, 6) is 3.22. The molecule has 0 amide bonds. The Labute approximate surface area is 190 Å². The number of aromatic nitrogens is 5. The van der Waals surface area contributed by atoms with Crippen molar-refractivity contribution in [1.29, 1.82) is 0 Å². The summed E-state index contributed by atoms with van der Waals surface area (Å²) < 4.78 is 12.9. The number of rotatable bonds is 7. The molecule has 1 aliphatic rings. The van der Waals surface area contributed by atoms with Crippen LogP contribution >= 0.6 is 11.8 Å². The number of para-hydroxylation sites is 1. The Morgan fingerprint density at radius 1 is 1.00 bits per heavy atom. The second-order valence-electron chi connectivity index (χ2n) is 7.53. The summed E-state index contributed by atoms with van der Waals surface area (Å²) in [5.41, 5.74) is 1.90. The van der Waals surface area contributed by atoms with E-state index in [1.165, 1.54) is 31.0 Å². The zero-order chi connectivity index (χ0) is 21.8. The monoisotopic (exact) mass is 448 g/mol. The molecule has 0 bridgehead atoms. The lowest BCUT2D eigenvalue weighted by atomic mass is 10.1. The number of ether oxygens (including phenoxy) is 1. The van der Waals surface area contributed by atoms with E-state index in [0.717, 1.165) is 41.2 Å². The maximum absolute atomic E-state index is 5.49. The summed E-state index contributed by atoms with van der Waals surface area (Å²) in [4.78, 5) is 6.87. The van der Waals surface area contributed by atoms with Gasteiger partial charge in [0.1, 0.15) is 5.75 Å². The van der Waals surface area contributed by atoms with E-state index in [1.54, 1.807) is 7.11 Å². The third kappa shape index (κ3) is 4.34. The first-order valence-corrected chi connectivity index (χ1v) is 11.7. The summed E-state index contributed by atoms with van der Waals surface area (Å²) in [6.45, 7) is 2.01. The highest BCUT2D eigenvalue weighted by Crippen LogP contribution is 2.30. The van der Waals surface area contributed by atoms with E-state index < -0.39 is 0 Å². The molecule has 0 spiro atoms. The largest absolute Gasteiger partial charge is 0.497 e. The zero-order valence-corrected chi connectivity index (χ0v) is 18.7. The lowest BCUT2D eigenvalue weighted by Gasteiger charge is -2.27. The van der Waals surface area contributed by atoms with Crippen molar-refractivity contribution < 1.29 is 9.26 Å². The normalized spacial score (nSPS) is 14.0. The summed E-state index contributed by atoms with van der Waals surface area (Å²) in [6, 6.07) is 17.8. The Morgan fingerprint density at radius 2 is 1.84 bits per heavy atom. The quantitative estimate of drug-likeness (QED) is 0.379. The van der Waals surface area contributed by atoms with Crippen molar-refractivity contribution in [3.8, 4) is 22.8 Å². The fraction of sp³-hybridized carbons (Fsp3) is 0.304. The number of hydrogen-bond donors (Lipinski definition) is 0. The van der Waals surface area contributed by atoms with E-state index in [0.29, 0.717) is 17.5 Å². The number of piperidine rings is 1. The van der Waals surface area contributed by atoms with E-state index in [1.807, 2.05) is 42.5 Å². The summed E-state index contributed by atoms with van der Waals surface area (Å²) >= 11 is 1.54. The number of methoxy groups -OCH3 is 1. The lowest BCUT2D eigenvalue weighted by molar-refractivity contribution is 0.391. The summed E-state index contributed by atoms with van der Waals surface area (Å²) in [7, 11) is 1.64. The van der Waals surface area contributed by atoms with Crippen molar-refractivity contribution >= 4 is 17.7 Å². The van der Waals surface area contributed by atoms with Gasteiger partial charge in [0.05, 0.1) is 18.6 Å². The molecule has 1 saturated heterocycles. The standard InChI is InChI=1S/C23H24N6O2S/c1-30-19-12-8-9-17(15-19)21-24-20(31-27-21)16-32-23-26-25-22(28-13-6-3-7-14-28)29(23)18-10-4-2-5-11-18/h2,4-5,8-12,15H,3,6-7,13-14,16H2,1H3. The molecule has 2 aromatic carbocycles. The van der Waals surface area contributed by atoms with Gasteiger partial charge in [-0.05, 0) is 43.5 Å². The van der Waals surface area contributed by atoms with Crippen LogP contribution in [0.25, 0.3) is 17.1 Å². The van der Waals surface area contributed by atoms with Crippen LogP contribution in [0.3, 0.4) is 0 Å². The predicted molar refractivity (Wildman–Crippen MR) is 123 cm³/mol. The minimum atomic E-state index is 0.502. The first-order chi connectivity index (χ1) is 15.8. The molecule has 5 rings (SSSR count). The minimum Gasteiger partial charge on any atom is -0.497 e. The Balaban J connectivity index is 1.38.